The number of methoxy groups -OCH3 is 1. The van der Waals surface area contributed by atoms with E-state index in [-0.39, 0.29) is 47.4 Å². The molecule has 0 N–H and O–H groups in total. The van der Waals surface area contributed by atoms with E-state index in [0.717, 1.165) is 30.6 Å². The summed E-state index contributed by atoms with van der Waals surface area (Å²) in [6, 6.07) is 0. The van der Waals surface area contributed by atoms with Gasteiger partial charge in [-0.05, 0) is 49.9 Å². The molecule has 3 aliphatic rings. The van der Waals surface area contributed by atoms with Crippen LogP contribution in [0.1, 0.15) is 57.8 Å². The molecule has 6 unspecified atom stereocenters. The summed E-state index contributed by atoms with van der Waals surface area (Å²) in [5.41, 5.74) is 0. The molecule has 0 heterocycles. The standard InChI is InChI=1S/C17H28FO.Pr/c1-19-17-9-8-15(11-16(17)18)14-7-6-12-4-2-3-5-13(12)10-14;/h2,12-17H,3-11H2,1H3;/q-1;. The fraction of sp³-hybridized carbons (Fsp3) is 0.941. The fourth-order valence-electron chi connectivity index (χ4n) is 4.93. The van der Waals surface area contributed by atoms with Gasteiger partial charge in [-0.25, -0.2) is 4.39 Å². The van der Waals surface area contributed by atoms with Gasteiger partial charge in [-0.3, -0.25) is 0 Å². The predicted octanol–water partition coefficient (Wildman–Crippen LogP) is 4.56. The summed E-state index contributed by atoms with van der Waals surface area (Å²) < 4.78 is 19.3. The van der Waals surface area contributed by atoms with Gasteiger partial charge in [0.2, 0.25) is 0 Å². The molecule has 0 aliphatic heterocycles. The predicted molar refractivity (Wildman–Crippen MR) is 75.5 cm³/mol. The van der Waals surface area contributed by atoms with Crippen molar-refractivity contribution in [3.63, 3.8) is 0 Å². The molecule has 3 fully saturated rings. The molecule has 3 heteroatoms. The van der Waals surface area contributed by atoms with Gasteiger partial charge in [-0.15, -0.1) is 0 Å². The van der Waals surface area contributed by atoms with Gasteiger partial charge in [0, 0.05) is 48.4 Å². The molecule has 1 nitrogen and oxygen atoms in total. The first kappa shape index (κ1) is 17.6. The quantitative estimate of drug-likeness (QED) is 0.609. The molecule has 3 rings (SSSR count). The van der Waals surface area contributed by atoms with Crippen LogP contribution in [-0.2, 0) is 4.74 Å². The minimum atomic E-state index is -0.721. The van der Waals surface area contributed by atoms with Gasteiger partial charge >= 0.3 is 0 Å². The molecule has 0 aromatic carbocycles. The fourth-order valence-corrected chi connectivity index (χ4v) is 4.93. The molecule has 3 saturated carbocycles. The van der Waals surface area contributed by atoms with Crippen molar-refractivity contribution in [2.24, 2.45) is 23.7 Å². The molecular weight excluding hydrogens is 380 g/mol. The van der Waals surface area contributed by atoms with Crippen LogP contribution in [0.25, 0.3) is 0 Å². The molecule has 0 bridgehead atoms. The van der Waals surface area contributed by atoms with Crippen molar-refractivity contribution in [2.75, 3.05) is 7.11 Å². The Morgan fingerprint density at radius 3 is 2.30 bits per heavy atom. The first-order chi connectivity index (χ1) is 9.28. The van der Waals surface area contributed by atoms with Gasteiger partial charge in [-0.1, -0.05) is 18.8 Å². The van der Waals surface area contributed by atoms with E-state index < -0.39 is 6.17 Å². The third-order valence-corrected chi connectivity index (χ3v) is 6.11. The summed E-state index contributed by atoms with van der Waals surface area (Å²) in [5.74, 6) is 3.34. The number of ether oxygens (including phenoxy) is 1. The van der Waals surface area contributed by atoms with Gasteiger partial charge < -0.3 is 11.2 Å². The average molecular weight is 408 g/mol. The second kappa shape index (κ2) is 8.20. The van der Waals surface area contributed by atoms with E-state index in [1.54, 1.807) is 7.11 Å². The van der Waals surface area contributed by atoms with Crippen molar-refractivity contribution in [3.05, 3.63) is 6.42 Å². The minimum absolute atomic E-state index is 0. The van der Waals surface area contributed by atoms with Crippen LogP contribution >= 0.6 is 0 Å². The summed E-state index contributed by atoms with van der Waals surface area (Å²) in [7, 11) is 1.65. The summed E-state index contributed by atoms with van der Waals surface area (Å²) >= 11 is 0. The topological polar surface area (TPSA) is 9.23 Å². The molecule has 20 heavy (non-hydrogen) atoms. The molecule has 0 aromatic heterocycles. The van der Waals surface area contributed by atoms with Crippen LogP contribution in [0.4, 0.5) is 4.39 Å². The second-order valence-corrected chi connectivity index (χ2v) is 7.06. The summed E-state index contributed by atoms with van der Waals surface area (Å²) in [6.07, 6.45) is 12.7. The van der Waals surface area contributed by atoms with Crippen molar-refractivity contribution in [2.45, 2.75) is 70.1 Å². The zero-order chi connectivity index (χ0) is 13.2. The minimum Gasteiger partial charge on any atom is -0.378 e. The number of hydrogen-bond donors (Lipinski definition) is 0. The SMILES string of the molecule is COC1CCC(C2CCC3C[CH-]CCC3C2)CC1F.[Pr]. The largest absolute Gasteiger partial charge is 0.378 e. The van der Waals surface area contributed by atoms with Crippen LogP contribution in [0, 0.1) is 71.4 Å². The molecular formula is C17H28FOPr-. The van der Waals surface area contributed by atoms with Crippen LogP contribution in [0.5, 0.6) is 0 Å². The Balaban J connectivity index is 0.00000147. The molecule has 113 valence electrons. The van der Waals surface area contributed by atoms with Crippen LogP contribution < -0.4 is 0 Å². The third-order valence-electron chi connectivity index (χ3n) is 6.11. The number of alkyl halides is 1. The van der Waals surface area contributed by atoms with Gasteiger partial charge in [-0.2, -0.15) is 12.8 Å². The second-order valence-electron chi connectivity index (χ2n) is 7.06. The Kier molecular flexibility index (Phi) is 7.22. The molecule has 3 aliphatic carbocycles. The first-order valence-electron chi connectivity index (χ1n) is 8.26. The van der Waals surface area contributed by atoms with Crippen molar-refractivity contribution >= 4 is 0 Å². The van der Waals surface area contributed by atoms with Crippen molar-refractivity contribution < 1.29 is 50.4 Å². The van der Waals surface area contributed by atoms with E-state index in [0.29, 0.717) is 5.92 Å². The van der Waals surface area contributed by atoms with E-state index in [9.17, 15) is 4.39 Å². The Bertz CT molecular complexity index is 299. The van der Waals surface area contributed by atoms with E-state index >= 15 is 0 Å². The van der Waals surface area contributed by atoms with Gasteiger partial charge in [0.15, 0.2) is 0 Å². The van der Waals surface area contributed by atoms with Gasteiger partial charge in [0.1, 0.15) is 6.17 Å². The Morgan fingerprint density at radius 2 is 1.55 bits per heavy atom. The van der Waals surface area contributed by atoms with Crippen LogP contribution in [0.2, 0.25) is 0 Å². The molecule has 0 spiro atoms. The number of rotatable bonds is 2. The molecule has 0 saturated heterocycles. The summed E-state index contributed by atoms with van der Waals surface area (Å²) in [4.78, 5) is 0. The van der Waals surface area contributed by atoms with Crippen LogP contribution in [0.3, 0.4) is 0 Å². The number of halogens is 1. The first-order valence-corrected chi connectivity index (χ1v) is 8.26. The Morgan fingerprint density at radius 1 is 0.900 bits per heavy atom. The number of fused-ring (bicyclic) bond motifs is 1. The maximum Gasteiger partial charge on any atom is 0.126 e. The van der Waals surface area contributed by atoms with Crippen molar-refractivity contribution in [1.82, 2.24) is 0 Å². The zero-order valence-corrected chi connectivity index (χ0v) is 16.5. The summed E-state index contributed by atoms with van der Waals surface area (Å²) in [6.45, 7) is 0. The van der Waals surface area contributed by atoms with Crippen LogP contribution in [-0.4, -0.2) is 19.4 Å². The van der Waals surface area contributed by atoms with E-state index in [2.05, 4.69) is 6.42 Å². The molecule has 1 radical (unpaired) electrons. The van der Waals surface area contributed by atoms with E-state index in [4.69, 9.17) is 4.74 Å². The Hall–Kier alpha value is 1.25. The number of hydrogen-bond acceptors (Lipinski definition) is 1. The monoisotopic (exact) mass is 408 g/mol. The summed E-state index contributed by atoms with van der Waals surface area (Å²) in [5, 5.41) is 0. The van der Waals surface area contributed by atoms with Gasteiger partial charge in [0.25, 0.3) is 0 Å². The van der Waals surface area contributed by atoms with Crippen molar-refractivity contribution in [1.29, 1.82) is 0 Å². The molecule has 0 aromatic rings. The zero-order valence-electron chi connectivity index (χ0n) is 12.8. The van der Waals surface area contributed by atoms with Crippen LogP contribution in [0.15, 0.2) is 0 Å². The normalized spacial score (nSPS) is 45.3. The van der Waals surface area contributed by atoms with E-state index in [1.807, 2.05) is 0 Å². The maximum atomic E-state index is 14.1. The van der Waals surface area contributed by atoms with Gasteiger partial charge in [0.05, 0.1) is 6.10 Å². The van der Waals surface area contributed by atoms with E-state index in [1.165, 1.54) is 44.9 Å². The average Bonchev–Trinajstić information content (AvgIpc) is 2.46. The molecule has 0 amide bonds. The smallest absolute Gasteiger partial charge is 0.126 e. The third kappa shape index (κ3) is 3.96. The molecule has 6 atom stereocenters. The van der Waals surface area contributed by atoms with Crippen molar-refractivity contribution in [3.8, 4) is 0 Å². The Labute approximate surface area is 156 Å². The maximum absolute atomic E-state index is 14.1.